The average molecular weight is 318 g/mol. The summed E-state index contributed by atoms with van der Waals surface area (Å²) in [5.74, 6) is -0.671. The molecule has 1 rings (SSSR count). The molecule has 20 heavy (non-hydrogen) atoms. The average Bonchev–Trinajstić information content (AvgIpc) is 2.34. The molecule has 1 aromatic carbocycles. The van der Waals surface area contributed by atoms with Crippen molar-refractivity contribution in [2.24, 2.45) is 5.92 Å². The third-order valence-corrected chi connectivity index (χ3v) is 3.26. The Morgan fingerprint density at radius 2 is 1.70 bits per heavy atom. The molecular formula is C14H17Cl2NO3. The molecular weight excluding hydrogens is 301 g/mol. The number of hydrogen-bond donors (Lipinski definition) is 1. The highest BCUT2D eigenvalue weighted by Crippen LogP contribution is 2.19. The molecule has 1 N–H and O–H groups in total. The van der Waals surface area contributed by atoms with Crippen molar-refractivity contribution < 1.29 is 14.3 Å². The van der Waals surface area contributed by atoms with Crippen molar-refractivity contribution in [1.82, 2.24) is 5.32 Å². The molecule has 0 radical (unpaired) electrons. The number of carbonyl (C=O) groups excluding carboxylic acids is 2. The summed E-state index contributed by atoms with van der Waals surface area (Å²) >= 11 is 11.6. The Bertz CT molecular complexity index is 483. The molecule has 4 nitrogen and oxygen atoms in total. The van der Waals surface area contributed by atoms with E-state index in [2.05, 4.69) is 5.32 Å². The second-order valence-corrected chi connectivity index (χ2v) is 5.71. The molecule has 0 unspecified atom stereocenters. The smallest absolute Gasteiger partial charge is 0.338 e. The first-order valence-corrected chi connectivity index (χ1v) is 6.97. The van der Waals surface area contributed by atoms with Crippen LogP contribution in [0, 0.1) is 5.92 Å². The Balaban J connectivity index is 2.53. The predicted molar refractivity (Wildman–Crippen MR) is 79.2 cm³/mol. The zero-order valence-electron chi connectivity index (χ0n) is 11.6. The SMILES string of the molecule is CC(C)[C@@H](C)NC(=O)COC(=O)c1cc(Cl)cc(Cl)c1. The summed E-state index contributed by atoms with van der Waals surface area (Å²) in [5.41, 5.74) is 0.215. The van der Waals surface area contributed by atoms with Gasteiger partial charge in [0, 0.05) is 16.1 Å². The molecule has 0 aliphatic heterocycles. The molecule has 0 fully saturated rings. The first kappa shape index (κ1) is 16.8. The zero-order valence-corrected chi connectivity index (χ0v) is 13.1. The molecule has 0 aliphatic rings. The predicted octanol–water partition coefficient (Wildman–Crippen LogP) is 3.31. The second-order valence-electron chi connectivity index (χ2n) is 4.83. The number of hydrogen-bond acceptors (Lipinski definition) is 3. The Morgan fingerprint density at radius 1 is 1.15 bits per heavy atom. The molecule has 0 aromatic heterocycles. The van der Waals surface area contributed by atoms with Crippen LogP contribution in [0.5, 0.6) is 0 Å². The van der Waals surface area contributed by atoms with Crippen molar-refractivity contribution in [2.45, 2.75) is 26.8 Å². The zero-order chi connectivity index (χ0) is 15.3. The van der Waals surface area contributed by atoms with Crippen molar-refractivity contribution in [3.63, 3.8) is 0 Å². The monoisotopic (exact) mass is 317 g/mol. The van der Waals surface area contributed by atoms with E-state index in [1.807, 2.05) is 20.8 Å². The van der Waals surface area contributed by atoms with Gasteiger partial charge in [0.15, 0.2) is 6.61 Å². The summed E-state index contributed by atoms with van der Waals surface area (Å²) in [6.45, 7) is 5.54. The first-order valence-electron chi connectivity index (χ1n) is 6.22. The van der Waals surface area contributed by atoms with E-state index in [0.29, 0.717) is 16.0 Å². The van der Waals surface area contributed by atoms with E-state index in [0.717, 1.165) is 0 Å². The van der Waals surface area contributed by atoms with E-state index >= 15 is 0 Å². The molecule has 0 saturated heterocycles. The van der Waals surface area contributed by atoms with Crippen molar-refractivity contribution in [1.29, 1.82) is 0 Å². The van der Waals surface area contributed by atoms with Crippen LogP contribution in [-0.4, -0.2) is 24.5 Å². The third kappa shape index (κ3) is 5.39. The van der Waals surface area contributed by atoms with Crippen LogP contribution >= 0.6 is 23.2 Å². The summed E-state index contributed by atoms with van der Waals surface area (Å²) in [4.78, 5) is 23.3. The van der Waals surface area contributed by atoms with Crippen LogP contribution in [0.4, 0.5) is 0 Å². The van der Waals surface area contributed by atoms with Crippen molar-refractivity contribution in [2.75, 3.05) is 6.61 Å². The Morgan fingerprint density at radius 3 is 2.20 bits per heavy atom. The molecule has 0 heterocycles. The summed E-state index contributed by atoms with van der Waals surface area (Å²) in [5, 5.41) is 3.41. The molecule has 0 bridgehead atoms. The van der Waals surface area contributed by atoms with Crippen molar-refractivity contribution >= 4 is 35.1 Å². The third-order valence-electron chi connectivity index (χ3n) is 2.82. The quantitative estimate of drug-likeness (QED) is 0.848. The molecule has 1 aromatic rings. The van der Waals surface area contributed by atoms with Crippen LogP contribution in [0.25, 0.3) is 0 Å². The van der Waals surface area contributed by atoms with Gasteiger partial charge in [0.05, 0.1) is 5.56 Å². The number of carbonyl (C=O) groups is 2. The molecule has 6 heteroatoms. The number of esters is 1. The van der Waals surface area contributed by atoms with Gasteiger partial charge in [-0.1, -0.05) is 37.0 Å². The van der Waals surface area contributed by atoms with Gasteiger partial charge < -0.3 is 10.1 Å². The van der Waals surface area contributed by atoms with Crippen LogP contribution in [0.1, 0.15) is 31.1 Å². The summed E-state index contributed by atoms with van der Waals surface area (Å²) in [6, 6.07) is 4.40. The van der Waals surface area contributed by atoms with E-state index in [4.69, 9.17) is 27.9 Å². The van der Waals surface area contributed by atoms with Crippen LogP contribution < -0.4 is 5.32 Å². The van der Waals surface area contributed by atoms with E-state index in [1.165, 1.54) is 18.2 Å². The van der Waals surface area contributed by atoms with Gasteiger partial charge in [-0.15, -0.1) is 0 Å². The normalized spacial score (nSPS) is 12.1. The Hall–Kier alpha value is -1.26. The number of rotatable bonds is 5. The maximum Gasteiger partial charge on any atom is 0.338 e. The molecule has 0 spiro atoms. The summed E-state index contributed by atoms with van der Waals surface area (Å²) in [7, 11) is 0. The topological polar surface area (TPSA) is 55.4 Å². The minimum atomic E-state index is -0.637. The maximum absolute atomic E-state index is 11.8. The number of amides is 1. The number of halogens is 2. The van der Waals surface area contributed by atoms with Crippen LogP contribution in [0.2, 0.25) is 10.0 Å². The van der Waals surface area contributed by atoms with Crippen LogP contribution in [0.15, 0.2) is 18.2 Å². The fraction of sp³-hybridized carbons (Fsp3) is 0.429. The van der Waals surface area contributed by atoms with Crippen LogP contribution in [0.3, 0.4) is 0 Å². The largest absolute Gasteiger partial charge is 0.452 e. The van der Waals surface area contributed by atoms with Gasteiger partial charge in [-0.05, 0) is 31.0 Å². The summed E-state index contributed by atoms with van der Waals surface area (Å²) < 4.78 is 4.91. The molecule has 1 amide bonds. The van der Waals surface area contributed by atoms with Gasteiger partial charge in [0.1, 0.15) is 0 Å². The number of benzene rings is 1. The van der Waals surface area contributed by atoms with Crippen LogP contribution in [-0.2, 0) is 9.53 Å². The Kier molecular flexibility index (Phi) is 6.30. The van der Waals surface area contributed by atoms with Gasteiger partial charge in [-0.2, -0.15) is 0 Å². The van der Waals surface area contributed by atoms with E-state index < -0.39 is 5.97 Å². The Labute approximate surface area is 128 Å². The van der Waals surface area contributed by atoms with Gasteiger partial charge in [0.2, 0.25) is 0 Å². The van der Waals surface area contributed by atoms with E-state index in [9.17, 15) is 9.59 Å². The lowest BCUT2D eigenvalue weighted by atomic mass is 10.1. The minimum Gasteiger partial charge on any atom is -0.452 e. The number of ether oxygens (including phenoxy) is 1. The highest BCUT2D eigenvalue weighted by molar-refractivity contribution is 6.35. The van der Waals surface area contributed by atoms with Gasteiger partial charge in [0.25, 0.3) is 5.91 Å². The van der Waals surface area contributed by atoms with Gasteiger partial charge in [-0.25, -0.2) is 4.79 Å². The van der Waals surface area contributed by atoms with Gasteiger partial charge in [-0.3, -0.25) is 4.79 Å². The fourth-order valence-electron chi connectivity index (χ4n) is 1.35. The van der Waals surface area contributed by atoms with Crippen molar-refractivity contribution in [3.05, 3.63) is 33.8 Å². The van der Waals surface area contributed by atoms with Crippen molar-refractivity contribution in [3.8, 4) is 0 Å². The highest BCUT2D eigenvalue weighted by Gasteiger charge is 2.14. The van der Waals surface area contributed by atoms with Gasteiger partial charge >= 0.3 is 5.97 Å². The lowest BCUT2D eigenvalue weighted by Gasteiger charge is -2.17. The van der Waals surface area contributed by atoms with E-state index in [-0.39, 0.29) is 24.1 Å². The molecule has 0 aliphatic carbocycles. The standard InChI is InChI=1S/C14H17Cl2NO3/c1-8(2)9(3)17-13(18)7-20-14(19)10-4-11(15)6-12(16)5-10/h4-6,8-9H,7H2,1-3H3,(H,17,18)/t9-/m1/s1. The lowest BCUT2D eigenvalue weighted by Crippen LogP contribution is -2.38. The second kappa shape index (κ2) is 7.50. The van der Waals surface area contributed by atoms with E-state index in [1.54, 1.807) is 0 Å². The highest BCUT2D eigenvalue weighted by atomic mass is 35.5. The fourth-order valence-corrected chi connectivity index (χ4v) is 1.87. The lowest BCUT2D eigenvalue weighted by molar-refractivity contribution is -0.125. The minimum absolute atomic E-state index is 0.0156. The number of nitrogens with one attached hydrogen (secondary N) is 1. The first-order chi connectivity index (χ1) is 9.29. The molecule has 1 atom stereocenters. The summed E-state index contributed by atoms with van der Waals surface area (Å²) in [6.07, 6.45) is 0. The maximum atomic E-state index is 11.8. The molecule has 0 saturated carbocycles. The molecule has 110 valence electrons.